The molecule has 1 saturated carbocycles. The van der Waals surface area contributed by atoms with Gasteiger partial charge in [-0.1, -0.05) is 37.3 Å². The molecular weight excluding hydrogens is 314 g/mol. The highest BCUT2D eigenvalue weighted by Gasteiger charge is 2.34. The van der Waals surface area contributed by atoms with Crippen molar-refractivity contribution >= 4 is 11.9 Å². The lowest BCUT2D eigenvalue weighted by atomic mass is 9.94. The number of urea groups is 1. The predicted octanol–water partition coefficient (Wildman–Crippen LogP) is 2.83. The summed E-state index contributed by atoms with van der Waals surface area (Å²) in [5.74, 6) is 0.797. The standard InChI is InChI=1S/C20H29N3O2/c1-15(17-7-4-3-5-8-17)16(2)21-20(25)23-12-6-11-22(13-14-23)19(24)18-9-10-18/h3-5,7-8,15-16,18H,6,9-14H2,1-2H3,(H,21,25)/t15-,16+/m0/s1. The van der Waals surface area contributed by atoms with Crippen LogP contribution >= 0.6 is 0 Å². The van der Waals surface area contributed by atoms with Crippen molar-refractivity contribution in [2.45, 2.75) is 45.1 Å². The van der Waals surface area contributed by atoms with E-state index in [1.165, 1.54) is 5.56 Å². The molecule has 25 heavy (non-hydrogen) atoms. The minimum atomic E-state index is -0.0176. The Morgan fingerprint density at radius 1 is 1.00 bits per heavy atom. The van der Waals surface area contributed by atoms with E-state index in [0.717, 1.165) is 25.8 Å². The second-order valence-corrected chi connectivity index (χ2v) is 7.38. The van der Waals surface area contributed by atoms with Crippen molar-refractivity contribution in [1.29, 1.82) is 0 Å². The van der Waals surface area contributed by atoms with Crippen molar-refractivity contribution in [2.75, 3.05) is 26.2 Å². The highest BCUT2D eigenvalue weighted by atomic mass is 16.2. The molecule has 2 fully saturated rings. The summed E-state index contributed by atoms with van der Waals surface area (Å²) in [6.07, 6.45) is 2.93. The molecule has 0 unspecified atom stereocenters. The molecule has 0 spiro atoms. The molecule has 1 aromatic carbocycles. The third-order valence-electron chi connectivity index (χ3n) is 5.45. The molecule has 0 bridgehead atoms. The maximum atomic E-state index is 12.6. The largest absolute Gasteiger partial charge is 0.341 e. The molecule has 0 aromatic heterocycles. The van der Waals surface area contributed by atoms with Crippen LogP contribution in [0, 0.1) is 5.92 Å². The third kappa shape index (κ3) is 4.53. The van der Waals surface area contributed by atoms with Crippen LogP contribution in [0.3, 0.4) is 0 Å². The van der Waals surface area contributed by atoms with Crippen LogP contribution in [-0.2, 0) is 4.79 Å². The Morgan fingerprint density at radius 3 is 2.32 bits per heavy atom. The Balaban J connectivity index is 1.51. The normalized spacial score (nSPS) is 20.6. The van der Waals surface area contributed by atoms with Crippen LogP contribution in [0.15, 0.2) is 30.3 Å². The van der Waals surface area contributed by atoms with E-state index >= 15 is 0 Å². The van der Waals surface area contributed by atoms with Gasteiger partial charge in [0.25, 0.3) is 0 Å². The molecule has 136 valence electrons. The summed E-state index contributed by atoms with van der Waals surface area (Å²) in [7, 11) is 0. The van der Waals surface area contributed by atoms with Crippen LogP contribution in [0.4, 0.5) is 4.79 Å². The first-order valence-electron chi connectivity index (χ1n) is 9.45. The summed E-state index contributed by atoms with van der Waals surface area (Å²) >= 11 is 0. The number of amides is 3. The van der Waals surface area contributed by atoms with Crippen LogP contribution < -0.4 is 5.32 Å². The maximum absolute atomic E-state index is 12.6. The SMILES string of the molecule is C[C@H](c1ccccc1)[C@@H](C)NC(=O)N1CCCN(C(=O)C2CC2)CC1. The summed E-state index contributed by atoms with van der Waals surface area (Å²) in [5, 5.41) is 3.14. The third-order valence-corrected chi connectivity index (χ3v) is 5.45. The van der Waals surface area contributed by atoms with Crippen molar-refractivity contribution < 1.29 is 9.59 Å². The lowest BCUT2D eigenvalue weighted by Crippen LogP contribution is -2.47. The molecule has 3 rings (SSSR count). The van der Waals surface area contributed by atoms with Gasteiger partial charge in [0.05, 0.1) is 0 Å². The fourth-order valence-corrected chi connectivity index (χ4v) is 3.39. The van der Waals surface area contributed by atoms with Crippen LogP contribution in [0.25, 0.3) is 0 Å². The zero-order valence-electron chi connectivity index (χ0n) is 15.3. The van der Waals surface area contributed by atoms with Crippen molar-refractivity contribution in [3.8, 4) is 0 Å². The number of benzene rings is 1. The van der Waals surface area contributed by atoms with Crippen LogP contribution in [0.1, 0.15) is 44.6 Å². The van der Waals surface area contributed by atoms with Gasteiger partial charge in [0, 0.05) is 44.1 Å². The van der Waals surface area contributed by atoms with Crippen molar-refractivity contribution in [3.05, 3.63) is 35.9 Å². The highest BCUT2D eigenvalue weighted by molar-refractivity contribution is 5.81. The molecule has 1 aliphatic heterocycles. The van der Waals surface area contributed by atoms with E-state index in [1.54, 1.807) is 0 Å². The minimum Gasteiger partial charge on any atom is -0.341 e. The molecule has 1 aromatic rings. The number of hydrogen-bond donors (Lipinski definition) is 1. The number of nitrogens with zero attached hydrogens (tertiary/aromatic N) is 2. The van der Waals surface area contributed by atoms with Gasteiger partial charge >= 0.3 is 6.03 Å². The quantitative estimate of drug-likeness (QED) is 0.914. The average molecular weight is 343 g/mol. The van der Waals surface area contributed by atoms with Gasteiger partial charge in [0.1, 0.15) is 0 Å². The average Bonchev–Trinajstić information content (AvgIpc) is 3.47. The Hall–Kier alpha value is -2.04. The highest BCUT2D eigenvalue weighted by Crippen LogP contribution is 2.31. The number of rotatable bonds is 4. The molecule has 1 aliphatic carbocycles. The predicted molar refractivity (Wildman–Crippen MR) is 98.3 cm³/mol. The second kappa shape index (κ2) is 7.89. The molecular formula is C20H29N3O2. The van der Waals surface area contributed by atoms with Gasteiger partial charge in [-0.3, -0.25) is 4.79 Å². The first-order valence-corrected chi connectivity index (χ1v) is 9.45. The van der Waals surface area contributed by atoms with Gasteiger partial charge in [-0.25, -0.2) is 4.79 Å². The minimum absolute atomic E-state index is 0.0176. The molecule has 1 N–H and O–H groups in total. The van der Waals surface area contributed by atoms with E-state index < -0.39 is 0 Å². The monoisotopic (exact) mass is 343 g/mol. The first kappa shape index (κ1) is 17.8. The van der Waals surface area contributed by atoms with E-state index in [9.17, 15) is 9.59 Å². The van der Waals surface area contributed by atoms with Gasteiger partial charge in [0.15, 0.2) is 0 Å². The van der Waals surface area contributed by atoms with Crippen molar-refractivity contribution in [2.24, 2.45) is 5.92 Å². The number of carbonyl (C=O) groups excluding carboxylic acids is 2. The van der Waals surface area contributed by atoms with E-state index in [-0.39, 0.29) is 29.8 Å². The molecule has 2 atom stereocenters. The van der Waals surface area contributed by atoms with Crippen molar-refractivity contribution in [3.63, 3.8) is 0 Å². The van der Waals surface area contributed by atoms with Crippen molar-refractivity contribution in [1.82, 2.24) is 15.1 Å². The summed E-state index contributed by atoms with van der Waals surface area (Å²) in [4.78, 5) is 28.7. The Labute approximate surface area is 150 Å². The topological polar surface area (TPSA) is 52.7 Å². The van der Waals surface area contributed by atoms with E-state index in [1.807, 2.05) is 28.0 Å². The molecule has 5 heteroatoms. The lowest BCUT2D eigenvalue weighted by Gasteiger charge is -2.27. The number of carbonyl (C=O) groups is 2. The fourth-order valence-electron chi connectivity index (χ4n) is 3.39. The summed E-state index contributed by atoms with van der Waals surface area (Å²) < 4.78 is 0. The van der Waals surface area contributed by atoms with Gasteiger partial charge in [-0.05, 0) is 31.7 Å². The van der Waals surface area contributed by atoms with Gasteiger partial charge in [0.2, 0.25) is 5.91 Å². The molecule has 2 aliphatic rings. The summed E-state index contributed by atoms with van der Waals surface area (Å²) in [5.41, 5.74) is 1.23. The second-order valence-electron chi connectivity index (χ2n) is 7.38. The molecule has 1 saturated heterocycles. The molecule has 0 radical (unpaired) electrons. The van der Waals surface area contributed by atoms with Gasteiger partial charge in [-0.2, -0.15) is 0 Å². The Bertz CT molecular complexity index is 600. The number of hydrogen-bond acceptors (Lipinski definition) is 2. The van der Waals surface area contributed by atoms with Gasteiger partial charge in [-0.15, -0.1) is 0 Å². The van der Waals surface area contributed by atoms with E-state index in [4.69, 9.17) is 0 Å². The van der Waals surface area contributed by atoms with Gasteiger partial charge < -0.3 is 15.1 Å². The Kier molecular flexibility index (Phi) is 5.61. The molecule has 5 nitrogen and oxygen atoms in total. The molecule has 1 heterocycles. The first-order chi connectivity index (χ1) is 12.1. The lowest BCUT2D eigenvalue weighted by molar-refractivity contribution is -0.132. The zero-order chi connectivity index (χ0) is 17.8. The van der Waals surface area contributed by atoms with Crippen LogP contribution in [0.5, 0.6) is 0 Å². The Morgan fingerprint density at radius 2 is 1.64 bits per heavy atom. The number of nitrogens with one attached hydrogen (secondary N) is 1. The maximum Gasteiger partial charge on any atom is 0.317 e. The van der Waals surface area contributed by atoms with E-state index in [0.29, 0.717) is 19.6 Å². The summed E-state index contributed by atoms with van der Waals surface area (Å²) in [6.45, 7) is 6.96. The smallest absolute Gasteiger partial charge is 0.317 e. The van der Waals surface area contributed by atoms with Crippen LogP contribution in [0.2, 0.25) is 0 Å². The molecule has 3 amide bonds. The zero-order valence-corrected chi connectivity index (χ0v) is 15.3. The fraction of sp³-hybridized carbons (Fsp3) is 0.600. The van der Waals surface area contributed by atoms with Crippen LogP contribution in [-0.4, -0.2) is 54.0 Å². The van der Waals surface area contributed by atoms with E-state index in [2.05, 4.69) is 31.3 Å². The summed E-state index contributed by atoms with van der Waals surface area (Å²) in [6, 6.07) is 10.3.